The van der Waals surface area contributed by atoms with Crippen molar-refractivity contribution in [2.75, 3.05) is 7.11 Å². The summed E-state index contributed by atoms with van der Waals surface area (Å²) in [5.41, 5.74) is 0.532. The van der Waals surface area contributed by atoms with Crippen LogP contribution in [-0.2, 0) is 0 Å². The number of hydrogen-bond donors (Lipinski definition) is 1. The summed E-state index contributed by atoms with van der Waals surface area (Å²) >= 11 is 0. The van der Waals surface area contributed by atoms with Gasteiger partial charge in [0, 0.05) is 0 Å². The first-order valence-electron chi connectivity index (χ1n) is 4.25. The van der Waals surface area contributed by atoms with Crippen LogP contribution in [0.1, 0.15) is 10.4 Å². The zero-order valence-electron chi connectivity index (χ0n) is 7.97. The van der Waals surface area contributed by atoms with Gasteiger partial charge in [0.2, 0.25) is 5.88 Å². The SMILES string of the molecule is COc1ncnc2c(C(=O)O)cccc12. The normalized spacial score (nSPS) is 10.2. The number of aromatic carboxylic acids is 1. The number of carbonyl (C=O) groups is 1. The average molecular weight is 204 g/mol. The topological polar surface area (TPSA) is 72.3 Å². The van der Waals surface area contributed by atoms with E-state index in [1.807, 2.05) is 0 Å². The minimum absolute atomic E-state index is 0.146. The highest BCUT2D eigenvalue weighted by Gasteiger charge is 2.11. The number of nitrogens with zero attached hydrogens (tertiary/aromatic N) is 2. The number of hydrogen-bond acceptors (Lipinski definition) is 4. The smallest absolute Gasteiger partial charge is 0.337 e. The van der Waals surface area contributed by atoms with E-state index in [9.17, 15) is 4.79 Å². The summed E-state index contributed by atoms with van der Waals surface area (Å²) in [6, 6.07) is 4.86. The third-order valence-corrected chi connectivity index (χ3v) is 2.05. The van der Waals surface area contributed by atoms with Crippen LogP contribution < -0.4 is 4.74 Å². The van der Waals surface area contributed by atoms with Gasteiger partial charge in [-0.1, -0.05) is 6.07 Å². The van der Waals surface area contributed by atoms with E-state index in [1.54, 1.807) is 12.1 Å². The van der Waals surface area contributed by atoms with E-state index in [-0.39, 0.29) is 5.56 Å². The Hall–Kier alpha value is -2.17. The molecule has 1 aromatic carbocycles. The maximum Gasteiger partial charge on any atom is 0.337 e. The van der Waals surface area contributed by atoms with Gasteiger partial charge in [-0.05, 0) is 12.1 Å². The fourth-order valence-corrected chi connectivity index (χ4v) is 1.40. The van der Waals surface area contributed by atoms with E-state index < -0.39 is 5.97 Å². The summed E-state index contributed by atoms with van der Waals surface area (Å²) < 4.78 is 5.02. The minimum atomic E-state index is -1.01. The summed E-state index contributed by atoms with van der Waals surface area (Å²) in [6.45, 7) is 0. The van der Waals surface area contributed by atoms with Crippen molar-refractivity contribution in [3.8, 4) is 5.88 Å². The molecule has 0 aliphatic heterocycles. The van der Waals surface area contributed by atoms with Crippen LogP contribution in [0.25, 0.3) is 10.9 Å². The third-order valence-electron chi connectivity index (χ3n) is 2.05. The van der Waals surface area contributed by atoms with Gasteiger partial charge < -0.3 is 9.84 Å². The quantitative estimate of drug-likeness (QED) is 0.799. The molecule has 0 spiro atoms. The molecule has 0 aliphatic carbocycles. The summed E-state index contributed by atoms with van der Waals surface area (Å²) in [4.78, 5) is 18.8. The number of para-hydroxylation sites is 1. The summed E-state index contributed by atoms with van der Waals surface area (Å²) in [5.74, 6) is -0.635. The van der Waals surface area contributed by atoms with Crippen molar-refractivity contribution in [1.82, 2.24) is 9.97 Å². The molecule has 0 fully saturated rings. The van der Waals surface area contributed by atoms with Gasteiger partial charge in [0.05, 0.1) is 23.6 Å². The Balaban J connectivity index is 2.82. The van der Waals surface area contributed by atoms with Gasteiger partial charge in [0.15, 0.2) is 0 Å². The van der Waals surface area contributed by atoms with E-state index in [4.69, 9.17) is 9.84 Å². The number of aromatic nitrogens is 2. The molecule has 0 bridgehead atoms. The Bertz CT molecular complexity index is 525. The molecular formula is C10H8N2O3. The molecule has 0 radical (unpaired) electrons. The number of carboxylic acids is 1. The van der Waals surface area contributed by atoms with E-state index in [1.165, 1.54) is 19.5 Å². The lowest BCUT2D eigenvalue weighted by atomic mass is 10.1. The van der Waals surface area contributed by atoms with Crippen LogP contribution in [0, 0.1) is 0 Å². The molecular weight excluding hydrogens is 196 g/mol. The van der Waals surface area contributed by atoms with E-state index >= 15 is 0 Å². The summed E-state index contributed by atoms with van der Waals surface area (Å²) in [5, 5.41) is 9.54. The van der Waals surface area contributed by atoms with Crippen molar-refractivity contribution >= 4 is 16.9 Å². The molecule has 0 aliphatic rings. The molecule has 2 rings (SSSR count). The van der Waals surface area contributed by atoms with Gasteiger partial charge in [-0.25, -0.2) is 14.8 Å². The van der Waals surface area contributed by atoms with Crippen LogP contribution in [0.2, 0.25) is 0 Å². The van der Waals surface area contributed by atoms with Crippen LogP contribution in [-0.4, -0.2) is 28.2 Å². The first-order valence-corrected chi connectivity index (χ1v) is 4.25. The molecule has 0 saturated carbocycles. The lowest BCUT2D eigenvalue weighted by Crippen LogP contribution is -2.00. The van der Waals surface area contributed by atoms with Crippen molar-refractivity contribution in [3.05, 3.63) is 30.1 Å². The first-order chi connectivity index (χ1) is 7.24. The fraction of sp³-hybridized carbons (Fsp3) is 0.100. The first kappa shape index (κ1) is 9.39. The second-order valence-corrected chi connectivity index (χ2v) is 2.89. The van der Waals surface area contributed by atoms with Crippen molar-refractivity contribution < 1.29 is 14.6 Å². The van der Waals surface area contributed by atoms with Gasteiger partial charge in [-0.3, -0.25) is 0 Å². The zero-order chi connectivity index (χ0) is 10.8. The van der Waals surface area contributed by atoms with E-state index in [0.29, 0.717) is 16.8 Å². The molecule has 5 nitrogen and oxygen atoms in total. The predicted molar refractivity (Wildman–Crippen MR) is 53.0 cm³/mol. The van der Waals surface area contributed by atoms with Gasteiger partial charge in [-0.15, -0.1) is 0 Å². The van der Waals surface area contributed by atoms with Gasteiger partial charge in [0.1, 0.15) is 6.33 Å². The fourth-order valence-electron chi connectivity index (χ4n) is 1.40. The number of methoxy groups -OCH3 is 1. The largest absolute Gasteiger partial charge is 0.480 e. The molecule has 1 N–H and O–H groups in total. The van der Waals surface area contributed by atoms with Crippen molar-refractivity contribution in [2.45, 2.75) is 0 Å². The van der Waals surface area contributed by atoms with Gasteiger partial charge >= 0.3 is 5.97 Å². The molecule has 1 aromatic heterocycles. The molecule has 2 aromatic rings. The van der Waals surface area contributed by atoms with Crippen LogP contribution in [0.3, 0.4) is 0 Å². The number of ether oxygens (including phenoxy) is 1. The number of fused-ring (bicyclic) bond motifs is 1. The molecule has 0 unspecified atom stereocenters. The van der Waals surface area contributed by atoms with Crippen LogP contribution in [0.4, 0.5) is 0 Å². The average Bonchev–Trinajstić information content (AvgIpc) is 2.27. The number of benzene rings is 1. The highest BCUT2D eigenvalue weighted by Crippen LogP contribution is 2.23. The Kier molecular flexibility index (Phi) is 2.21. The molecule has 15 heavy (non-hydrogen) atoms. The Morgan fingerprint density at radius 1 is 1.40 bits per heavy atom. The maximum atomic E-state index is 10.9. The lowest BCUT2D eigenvalue weighted by Gasteiger charge is -2.04. The number of rotatable bonds is 2. The third kappa shape index (κ3) is 1.48. The highest BCUT2D eigenvalue weighted by molar-refractivity contribution is 6.02. The number of carboxylic acid groups (broad SMARTS) is 1. The standard InChI is InChI=1S/C10H8N2O3/c1-15-9-6-3-2-4-7(10(13)14)8(6)11-5-12-9/h2-5H,1H3,(H,13,14). The predicted octanol–water partition coefficient (Wildman–Crippen LogP) is 1.34. The monoisotopic (exact) mass is 204 g/mol. The maximum absolute atomic E-state index is 10.9. The second kappa shape index (κ2) is 3.53. The second-order valence-electron chi connectivity index (χ2n) is 2.89. The Morgan fingerprint density at radius 2 is 2.20 bits per heavy atom. The minimum Gasteiger partial charge on any atom is -0.480 e. The molecule has 76 valence electrons. The molecule has 0 amide bonds. The van der Waals surface area contributed by atoms with Crippen molar-refractivity contribution in [2.24, 2.45) is 0 Å². The van der Waals surface area contributed by atoms with Gasteiger partial charge in [0.25, 0.3) is 0 Å². The zero-order valence-corrected chi connectivity index (χ0v) is 7.97. The Labute approximate surface area is 85.4 Å². The molecule has 0 saturated heterocycles. The lowest BCUT2D eigenvalue weighted by molar-refractivity contribution is 0.0699. The van der Waals surface area contributed by atoms with Crippen molar-refractivity contribution in [1.29, 1.82) is 0 Å². The highest BCUT2D eigenvalue weighted by atomic mass is 16.5. The van der Waals surface area contributed by atoms with Gasteiger partial charge in [-0.2, -0.15) is 0 Å². The molecule has 0 atom stereocenters. The summed E-state index contributed by atoms with van der Waals surface area (Å²) in [6.07, 6.45) is 1.29. The van der Waals surface area contributed by atoms with E-state index in [0.717, 1.165) is 0 Å². The molecule has 5 heteroatoms. The Morgan fingerprint density at radius 3 is 2.87 bits per heavy atom. The summed E-state index contributed by atoms with van der Waals surface area (Å²) in [7, 11) is 1.48. The van der Waals surface area contributed by atoms with Crippen molar-refractivity contribution in [3.63, 3.8) is 0 Å². The van der Waals surface area contributed by atoms with Crippen LogP contribution in [0.5, 0.6) is 5.88 Å². The van der Waals surface area contributed by atoms with Crippen LogP contribution in [0.15, 0.2) is 24.5 Å². The molecule has 1 heterocycles. The van der Waals surface area contributed by atoms with Crippen LogP contribution >= 0.6 is 0 Å². The van der Waals surface area contributed by atoms with E-state index in [2.05, 4.69) is 9.97 Å².